The number of halogens is 2. The number of nitrogens with one attached hydrogen (secondary N) is 1. The molecular formula is C15H18F2N2O3. The van der Waals surface area contributed by atoms with Crippen LogP contribution in [-0.4, -0.2) is 36.7 Å². The van der Waals surface area contributed by atoms with Gasteiger partial charge in [0.2, 0.25) is 5.91 Å². The van der Waals surface area contributed by atoms with E-state index in [1.54, 1.807) is 6.07 Å². The molecule has 3 rings (SSSR count). The molecule has 0 radical (unpaired) electrons. The highest BCUT2D eigenvalue weighted by molar-refractivity contribution is 5.81. The van der Waals surface area contributed by atoms with Crippen molar-refractivity contribution < 1.29 is 23.0 Å². The molecule has 2 aliphatic heterocycles. The molecule has 22 heavy (non-hydrogen) atoms. The van der Waals surface area contributed by atoms with Crippen LogP contribution in [0.2, 0.25) is 0 Å². The smallest absolute Gasteiger partial charge is 0.395 e. The Labute approximate surface area is 127 Å². The number of hydrogen-bond acceptors (Lipinski definition) is 4. The lowest BCUT2D eigenvalue weighted by molar-refractivity contribution is -0.286. The van der Waals surface area contributed by atoms with Gasteiger partial charge in [-0.25, -0.2) is 0 Å². The third-order valence-corrected chi connectivity index (χ3v) is 3.85. The molecule has 0 bridgehead atoms. The minimum atomic E-state index is -3.62. The number of piperidine rings is 1. The van der Waals surface area contributed by atoms with Crippen LogP contribution in [0.15, 0.2) is 18.2 Å². The molecule has 1 saturated heterocycles. The number of hydrogen-bond donors (Lipinski definition) is 1. The van der Waals surface area contributed by atoms with Crippen LogP contribution in [-0.2, 0) is 4.79 Å². The first kappa shape index (κ1) is 14.9. The van der Waals surface area contributed by atoms with E-state index in [4.69, 9.17) is 0 Å². The molecule has 1 aromatic rings. The first-order chi connectivity index (χ1) is 10.4. The maximum absolute atomic E-state index is 12.9. The lowest BCUT2D eigenvalue weighted by Gasteiger charge is -2.31. The molecule has 2 heterocycles. The molecule has 5 nitrogen and oxygen atoms in total. The first-order valence-corrected chi connectivity index (χ1v) is 7.34. The van der Waals surface area contributed by atoms with Crippen molar-refractivity contribution in [2.24, 2.45) is 5.92 Å². The molecule has 1 aromatic carbocycles. The highest BCUT2D eigenvalue weighted by Crippen LogP contribution is 2.42. The topological polar surface area (TPSA) is 50.8 Å². The Kier molecular flexibility index (Phi) is 3.80. The van der Waals surface area contributed by atoms with Gasteiger partial charge in [-0.3, -0.25) is 4.79 Å². The number of anilines is 1. The van der Waals surface area contributed by atoms with Crippen LogP contribution in [0.1, 0.15) is 19.8 Å². The predicted octanol–water partition coefficient (Wildman–Crippen LogP) is 2.68. The number of amides is 1. The zero-order valence-electron chi connectivity index (χ0n) is 12.3. The van der Waals surface area contributed by atoms with Crippen LogP contribution in [0.4, 0.5) is 14.5 Å². The summed E-state index contributed by atoms with van der Waals surface area (Å²) in [6, 6.07) is 4.38. The number of likely N-dealkylation sites (tertiary alicyclic amines) is 1. The summed E-state index contributed by atoms with van der Waals surface area (Å²) in [6.45, 7) is 3.81. The van der Waals surface area contributed by atoms with E-state index in [1.807, 2.05) is 4.90 Å². The van der Waals surface area contributed by atoms with E-state index in [9.17, 15) is 13.6 Å². The van der Waals surface area contributed by atoms with Gasteiger partial charge in [-0.15, -0.1) is 8.78 Å². The number of fused-ring (bicyclic) bond motifs is 1. The maximum Gasteiger partial charge on any atom is 0.586 e. The van der Waals surface area contributed by atoms with E-state index < -0.39 is 6.29 Å². The summed E-state index contributed by atoms with van der Waals surface area (Å²) in [7, 11) is 0. The van der Waals surface area contributed by atoms with E-state index in [0.717, 1.165) is 25.9 Å². The second kappa shape index (κ2) is 5.62. The lowest BCUT2D eigenvalue weighted by atomic mass is 10.0. The van der Waals surface area contributed by atoms with Crippen molar-refractivity contribution in [3.05, 3.63) is 18.2 Å². The predicted molar refractivity (Wildman–Crippen MR) is 76.1 cm³/mol. The number of nitrogens with zero attached hydrogens (tertiary/aromatic N) is 1. The Bertz CT molecular complexity index is 580. The Morgan fingerprint density at radius 3 is 2.95 bits per heavy atom. The van der Waals surface area contributed by atoms with Gasteiger partial charge in [0, 0.05) is 24.8 Å². The van der Waals surface area contributed by atoms with Crippen molar-refractivity contribution >= 4 is 11.6 Å². The van der Waals surface area contributed by atoms with Crippen molar-refractivity contribution in [2.75, 3.05) is 25.0 Å². The molecule has 120 valence electrons. The van der Waals surface area contributed by atoms with E-state index >= 15 is 0 Å². The molecule has 0 aliphatic carbocycles. The molecule has 0 saturated carbocycles. The quantitative estimate of drug-likeness (QED) is 0.932. The number of carbonyl (C=O) groups is 1. The van der Waals surface area contributed by atoms with Crippen LogP contribution in [0, 0.1) is 5.92 Å². The molecule has 1 unspecified atom stereocenters. The minimum Gasteiger partial charge on any atom is -0.395 e. The van der Waals surface area contributed by atoms with Crippen molar-refractivity contribution in [3.63, 3.8) is 0 Å². The lowest BCUT2D eigenvalue weighted by Crippen LogP contribution is -2.41. The van der Waals surface area contributed by atoms with Crippen molar-refractivity contribution in [2.45, 2.75) is 26.1 Å². The van der Waals surface area contributed by atoms with Gasteiger partial charge in [0.25, 0.3) is 0 Å². The monoisotopic (exact) mass is 312 g/mol. The summed E-state index contributed by atoms with van der Waals surface area (Å²) < 4.78 is 34.6. The fraction of sp³-hybridized carbons (Fsp3) is 0.533. The number of ether oxygens (including phenoxy) is 2. The molecule has 1 atom stereocenters. The summed E-state index contributed by atoms with van der Waals surface area (Å²) in [6.07, 6.45) is -1.46. The summed E-state index contributed by atoms with van der Waals surface area (Å²) in [5, 5.41) is 2.94. The standard InChI is InChI=1S/C15H18F2N2O3/c1-10-3-2-6-19(9-10)14(20)8-18-11-4-5-12-13(7-11)22-15(16,17)21-12/h4-5,7,10,18H,2-3,6,8-9H2,1H3. The zero-order chi connectivity index (χ0) is 15.7. The van der Waals surface area contributed by atoms with Crippen LogP contribution < -0.4 is 14.8 Å². The van der Waals surface area contributed by atoms with Crippen LogP contribution in [0.3, 0.4) is 0 Å². The molecule has 2 aliphatic rings. The fourth-order valence-corrected chi connectivity index (χ4v) is 2.76. The number of rotatable bonds is 3. The molecule has 1 N–H and O–H groups in total. The van der Waals surface area contributed by atoms with Gasteiger partial charge in [0.1, 0.15) is 0 Å². The largest absolute Gasteiger partial charge is 0.586 e. The van der Waals surface area contributed by atoms with E-state index in [0.29, 0.717) is 11.6 Å². The van der Waals surface area contributed by atoms with Gasteiger partial charge >= 0.3 is 6.29 Å². The highest BCUT2D eigenvalue weighted by atomic mass is 19.3. The normalized spacial score (nSPS) is 22.5. The Morgan fingerprint density at radius 2 is 2.18 bits per heavy atom. The average molecular weight is 312 g/mol. The van der Waals surface area contributed by atoms with Crippen molar-refractivity contribution in [1.29, 1.82) is 0 Å². The summed E-state index contributed by atoms with van der Waals surface area (Å²) >= 11 is 0. The maximum atomic E-state index is 12.9. The molecule has 1 fully saturated rings. The number of benzene rings is 1. The van der Waals surface area contributed by atoms with Gasteiger partial charge in [0.05, 0.1) is 6.54 Å². The highest BCUT2D eigenvalue weighted by Gasteiger charge is 2.43. The summed E-state index contributed by atoms with van der Waals surface area (Å²) in [5.74, 6) is 0.487. The first-order valence-electron chi connectivity index (χ1n) is 7.34. The van der Waals surface area contributed by atoms with Gasteiger partial charge < -0.3 is 19.7 Å². The van der Waals surface area contributed by atoms with Gasteiger partial charge in [-0.05, 0) is 30.9 Å². The fourth-order valence-electron chi connectivity index (χ4n) is 2.76. The minimum absolute atomic E-state index is 0.00766. The van der Waals surface area contributed by atoms with E-state index in [2.05, 4.69) is 21.7 Å². The molecule has 1 amide bonds. The third kappa shape index (κ3) is 3.23. The van der Waals surface area contributed by atoms with Crippen molar-refractivity contribution in [3.8, 4) is 11.5 Å². The zero-order valence-corrected chi connectivity index (χ0v) is 12.3. The van der Waals surface area contributed by atoms with Crippen LogP contribution >= 0.6 is 0 Å². The third-order valence-electron chi connectivity index (χ3n) is 3.85. The van der Waals surface area contributed by atoms with Crippen LogP contribution in [0.25, 0.3) is 0 Å². The van der Waals surface area contributed by atoms with Crippen molar-refractivity contribution in [1.82, 2.24) is 4.90 Å². The van der Waals surface area contributed by atoms with Gasteiger partial charge in [-0.1, -0.05) is 6.92 Å². The summed E-state index contributed by atoms with van der Waals surface area (Å²) in [4.78, 5) is 14.0. The number of carbonyl (C=O) groups excluding carboxylic acids is 1. The van der Waals surface area contributed by atoms with Gasteiger partial charge in [-0.2, -0.15) is 0 Å². The average Bonchev–Trinajstić information content (AvgIpc) is 2.77. The molecule has 0 aromatic heterocycles. The summed E-state index contributed by atoms with van der Waals surface area (Å²) in [5.41, 5.74) is 0.540. The Hall–Kier alpha value is -2.05. The SMILES string of the molecule is CC1CCCN(C(=O)CNc2ccc3c(c2)OC(F)(F)O3)C1. The van der Waals surface area contributed by atoms with E-state index in [1.165, 1.54) is 12.1 Å². The van der Waals surface area contributed by atoms with E-state index in [-0.39, 0.29) is 24.0 Å². The van der Waals surface area contributed by atoms with Gasteiger partial charge in [0.15, 0.2) is 11.5 Å². The molecular weight excluding hydrogens is 294 g/mol. The molecule has 7 heteroatoms. The second-order valence-corrected chi connectivity index (χ2v) is 5.77. The van der Waals surface area contributed by atoms with Crippen LogP contribution in [0.5, 0.6) is 11.5 Å². The Morgan fingerprint density at radius 1 is 1.41 bits per heavy atom. The Balaban J connectivity index is 1.57. The molecule has 0 spiro atoms. The second-order valence-electron chi connectivity index (χ2n) is 5.77. The number of alkyl halides is 2.